The van der Waals surface area contributed by atoms with Crippen molar-refractivity contribution in [2.45, 2.75) is 13.0 Å². The second-order valence-electron chi connectivity index (χ2n) is 2.29. The third kappa shape index (κ3) is 1.71. The minimum atomic E-state index is -0.710. The molecule has 0 aliphatic rings. The maximum atomic E-state index is 12.7. The van der Waals surface area contributed by atoms with E-state index in [1.807, 2.05) is 0 Å². The molecule has 2 N–H and O–H groups in total. The SMILES string of the molecule is C[C@@H](N)c1nc(F)ccc1F. The first-order valence-corrected chi connectivity index (χ1v) is 3.19. The molecule has 60 valence electrons. The lowest BCUT2D eigenvalue weighted by Gasteiger charge is -2.04. The van der Waals surface area contributed by atoms with Crippen LogP contribution in [0.1, 0.15) is 18.7 Å². The largest absolute Gasteiger partial charge is 0.323 e. The molecular formula is C7H8F2N2. The molecule has 1 aromatic rings. The third-order valence-corrected chi connectivity index (χ3v) is 1.27. The van der Waals surface area contributed by atoms with Gasteiger partial charge in [-0.05, 0) is 19.1 Å². The molecule has 1 rings (SSSR count). The molecule has 0 bridgehead atoms. The summed E-state index contributed by atoms with van der Waals surface area (Å²) >= 11 is 0. The highest BCUT2D eigenvalue weighted by molar-refractivity contribution is 5.10. The van der Waals surface area contributed by atoms with Crippen molar-refractivity contribution in [2.75, 3.05) is 0 Å². The summed E-state index contributed by atoms with van der Waals surface area (Å²) in [5, 5.41) is 0. The highest BCUT2D eigenvalue weighted by atomic mass is 19.1. The Hall–Kier alpha value is -1.03. The van der Waals surface area contributed by atoms with Crippen LogP contribution in [0.15, 0.2) is 12.1 Å². The number of hydrogen-bond donors (Lipinski definition) is 1. The summed E-state index contributed by atoms with van der Waals surface area (Å²) in [4.78, 5) is 3.31. The molecule has 1 atom stereocenters. The van der Waals surface area contributed by atoms with Crippen LogP contribution < -0.4 is 5.73 Å². The highest BCUT2D eigenvalue weighted by Crippen LogP contribution is 2.11. The number of rotatable bonds is 1. The van der Waals surface area contributed by atoms with Gasteiger partial charge in [-0.1, -0.05) is 0 Å². The van der Waals surface area contributed by atoms with E-state index >= 15 is 0 Å². The minimum Gasteiger partial charge on any atom is -0.323 e. The van der Waals surface area contributed by atoms with Gasteiger partial charge in [0.2, 0.25) is 5.95 Å². The standard InChI is InChI=1S/C7H8F2N2/c1-4(10)7-5(8)2-3-6(9)11-7/h2-4H,10H2,1H3/t4-/m1/s1. The molecule has 0 radical (unpaired) electrons. The van der Waals surface area contributed by atoms with Gasteiger partial charge in [-0.3, -0.25) is 0 Å². The minimum absolute atomic E-state index is 0.0370. The summed E-state index contributed by atoms with van der Waals surface area (Å²) in [5.41, 5.74) is 5.28. The van der Waals surface area contributed by atoms with Gasteiger partial charge in [0, 0.05) is 6.04 Å². The van der Waals surface area contributed by atoms with Crippen LogP contribution in [0.5, 0.6) is 0 Å². The van der Waals surface area contributed by atoms with E-state index in [0.717, 1.165) is 12.1 Å². The van der Waals surface area contributed by atoms with Crippen molar-refractivity contribution in [1.29, 1.82) is 0 Å². The molecule has 0 saturated heterocycles. The summed E-state index contributed by atoms with van der Waals surface area (Å²) in [7, 11) is 0. The molecule has 0 aliphatic heterocycles. The summed E-state index contributed by atoms with van der Waals surface area (Å²) in [6.45, 7) is 1.55. The second kappa shape index (κ2) is 2.92. The van der Waals surface area contributed by atoms with Gasteiger partial charge in [-0.2, -0.15) is 4.39 Å². The first kappa shape index (κ1) is 8.07. The zero-order valence-corrected chi connectivity index (χ0v) is 6.01. The van der Waals surface area contributed by atoms with Gasteiger partial charge in [-0.15, -0.1) is 0 Å². The normalized spacial score (nSPS) is 13.1. The maximum absolute atomic E-state index is 12.7. The van der Waals surface area contributed by atoms with Gasteiger partial charge in [-0.25, -0.2) is 9.37 Å². The Balaban J connectivity index is 3.13. The van der Waals surface area contributed by atoms with Crippen molar-refractivity contribution in [1.82, 2.24) is 4.98 Å². The van der Waals surface area contributed by atoms with Crippen LogP contribution in [-0.2, 0) is 0 Å². The molecule has 4 heteroatoms. The highest BCUT2D eigenvalue weighted by Gasteiger charge is 2.08. The van der Waals surface area contributed by atoms with Crippen molar-refractivity contribution in [3.8, 4) is 0 Å². The Morgan fingerprint density at radius 2 is 2.09 bits per heavy atom. The number of nitrogens with two attached hydrogens (primary N) is 1. The number of pyridine rings is 1. The fraction of sp³-hybridized carbons (Fsp3) is 0.286. The van der Waals surface area contributed by atoms with Crippen LogP contribution in [0, 0.1) is 11.8 Å². The van der Waals surface area contributed by atoms with E-state index in [9.17, 15) is 8.78 Å². The van der Waals surface area contributed by atoms with Crippen LogP contribution in [0.4, 0.5) is 8.78 Å². The quantitative estimate of drug-likeness (QED) is 0.627. The van der Waals surface area contributed by atoms with Gasteiger partial charge in [0.15, 0.2) is 0 Å². The Labute approximate surface area is 63.1 Å². The third-order valence-electron chi connectivity index (χ3n) is 1.27. The summed E-state index contributed by atoms with van der Waals surface area (Å²) in [5.74, 6) is -1.28. The summed E-state index contributed by atoms with van der Waals surface area (Å²) in [6, 6.07) is 1.40. The lowest BCUT2D eigenvalue weighted by atomic mass is 10.2. The summed E-state index contributed by atoms with van der Waals surface area (Å²) < 4.78 is 25.1. The second-order valence-corrected chi connectivity index (χ2v) is 2.29. The van der Waals surface area contributed by atoms with Gasteiger partial charge in [0.25, 0.3) is 0 Å². The molecule has 1 heterocycles. The van der Waals surface area contributed by atoms with Crippen LogP contribution in [0.2, 0.25) is 0 Å². The number of nitrogens with zero attached hydrogens (tertiary/aromatic N) is 1. The Morgan fingerprint density at radius 3 is 2.55 bits per heavy atom. The van der Waals surface area contributed by atoms with E-state index in [4.69, 9.17) is 5.73 Å². The van der Waals surface area contributed by atoms with E-state index in [-0.39, 0.29) is 5.69 Å². The van der Waals surface area contributed by atoms with Crippen molar-refractivity contribution in [3.63, 3.8) is 0 Å². The smallest absolute Gasteiger partial charge is 0.213 e. The molecule has 0 fully saturated rings. The van der Waals surface area contributed by atoms with E-state index in [1.165, 1.54) is 0 Å². The van der Waals surface area contributed by atoms with Crippen molar-refractivity contribution in [2.24, 2.45) is 5.73 Å². The molecular weight excluding hydrogens is 150 g/mol. The van der Waals surface area contributed by atoms with Gasteiger partial charge >= 0.3 is 0 Å². The fourth-order valence-electron chi connectivity index (χ4n) is 0.752. The molecule has 0 spiro atoms. The molecule has 0 aliphatic carbocycles. The van der Waals surface area contributed by atoms with Crippen LogP contribution >= 0.6 is 0 Å². The van der Waals surface area contributed by atoms with Crippen LogP contribution in [0.25, 0.3) is 0 Å². The van der Waals surface area contributed by atoms with E-state index in [2.05, 4.69) is 4.98 Å². The Bertz CT molecular complexity index is 261. The van der Waals surface area contributed by atoms with Gasteiger partial charge < -0.3 is 5.73 Å². The topological polar surface area (TPSA) is 38.9 Å². The number of hydrogen-bond acceptors (Lipinski definition) is 2. The molecule has 2 nitrogen and oxygen atoms in total. The lowest BCUT2D eigenvalue weighted by molar-refractivity contribution is 0.528. The molecule has 0 saturated carbocycles. The number of aromatic nitrogens is 1. The van der Waals surface area contributed by atoms with Gasteiger partial charge in [0.1, 0.15) is 5.82 Å². The van der Waals surface area contributed by atoms with E-state index in [0.29, 0.717) is 0 Å². The monoisotopic (exact) mass is 158 g/mol. The molecule has 0 amide bonds. The van der Waals surface area contributed by atoms with Crippen molar-refractivity contribution in [3.05, 3.63) is 29.6 Å². The lowest BCUT2D eigenvalue weighted by Crippen LogP contribution is -2.10. The predicted octanol–water partition coefficient (Wildman–Crippen LogP) is 1.38. The molecule has 0 aromatic carbocycles. The zero-order chi connectivity index (χ0) is 8.43. The van der Waals surface area contributed by atoms with Gasteiger partial charge in [0.05, 0.1) is 5.69 Å². The Morgan fingerprint density at radius 1 is 1.45 bits per heavy atom. The number of halogens is 2. The average Bonchev–Trinajstić information content (AvgIpc) is 1.94. The first-order valence-electron chi connectivity index (χ1n) is 3.19. The first-order chi connectivity index (χ1) is 5.11. The predicted molar refractivity (Wildman–Crippen MR) is 36.8 cm³/mol. The maximum Gasteiger partial charge on any atom is 0.213 e. The van der Waals surface area contributed by atoms with E-state index in [1.54, 1.807) is 6.92 Å². The van der Waals surface area contributed by atoms with Crippen molar-refractivity contribution < 1.29 is 8.78 Å². The fourth-order valence-corrected chi connectivity index (χ4v) is 0.752. The zero-order valence-electron chi connectivity index (χ0n) is 6.01. The molecule has 0 unspecified atom stereocenters. The average molecular weight is 158 g/mol. The van der Waals surface area contributed by atoms with Crippen LogP contribution in [-0.4, -0.2) is 4.98 Å². The van der Waals surface area contributed by atoms with Crippen LogP contribution in [0.3, 0.4) is 0 Å². The molecule has 11 heavy (non-hydrogen) atoms. The summed E-state index contributed by atoms with van der Waals surface area (Å²) in [6.07, 6.45) is 0. The van der Waals surface area contributed by atoms with Crippen molar-refractivity contribution >= 4 is 0 Å². The molecule has 1 aromatic heterocycles. The van der Waals surface area contributed by atoms with E-state index < -0.39 is 17.8 Å². The Kier molecular flexibility index (Phi) is 2.14.